The standard InChI is InChI=1S/C10H17NO3S/c1-7(2)15-8(3)6-9(12)11-4-5-14-10(11)13/h7-8H,4-6H2,1-3H3/t8-/m0/s1. The van der Waals surface area contributed by atoms with Crippen LogP contribution >= 0.6 is 11.8 Å². The molecule has 0 aliphatic carbocycles. The lowest BCUT2D eigenvalue weighted by molar-refractivity contribution is -0.127. The number of imide groups is 1. The van der Waals surface area contributed by atoms with E-state index in [4.69, 9.17) is 4.74 Å². The van der Waals surface area contributed by atoms with Crippen molar-refractivity contribution in [2.75, 3.05) is 13.2 Å². The highest BCUT2D eigenvalue weighted by atomic mass is 32.2. The van der Waals surface area contributed by atoms with Crippen molar-refractivity contribution in [2.24, 2.45) is 0 Å². The number of nitrogens with zero attached hydrogens (tertiary/aromatic N) is 1. The van der Waals surface area contributed by atoms with Gasteiger partial charge < -0.3 is 4.74 Å². The van der Waals surface area contributed by atoms with E-state index in [0.29, 0.717) is 24.8 Å². The van der Waals surface area contributed by atoms with Crippen molar-refractivity contribution in [2.45, 2.75) is 37.7 Å². The number of carbonyl (C=O) groups excluding carboxylic acids is 2. The van der Waals surface area contributed by atoms with Gasteiger partial charge in [-0.2, -0.15) is 11.8 Å². The third-order valence-electron chi connectivity index (χ3n) is 2.03. The summed E-state index contributed by atoms with van der Waals surface area (Å²) in [7, 11) is 0. The number of rotatable bonds is 4. The lowest BCUT2D eigenvalue weighted by Gasteiger charge is -2.16. The highest BCUT2D eigenvalue weighted by Crippen LogP contribution is 2.20. The predicted molar refractivity (Wildman–Crippen MR) is 59.9 cm³/mol. The van der Waals surface area contributed by atoms with Gasteiger partial charge in [0.25, 0.3) is 0 Å². The van der Waals surface area contributed by atoms with Gasteiger partial charge in [-0.1, -0.05) is 20.8 Å². The quantitative estimate of drug-likeness (QED) is 0.741. The Labute approximate surface area is 94.3 Å². The summed E-state index contributed by atoms with van der Waals surface area (Å²) in [5, 5.41) is 0.740. The van der Waals surface area contributed by atoms with E-state index in [1.165, 1.54) is 4.90 Å². The molecule has 1 rings (SSSR count). The van der Waals surface area contributed by atoms with Crippen molar-refractivity contribution in [1.82, 2.24) is 4.90 Å². The van der Waals surface area contributed by atoms with Crippen molar-refractivity contribution < 1.29 is 14.3 Å². The summed E-state index contributed by atoms with van der Waals surface area (Å²) in [5.41, 5.74) is 0. The number of thioether (sulfide) groups is 1. The fourth-order valence-electron chi connectivity index (χ4n) is 1.49. The number of cyclic esters (lactones) is 1. The van der Waals surface area contributed by atoms with Gasteiger partial charge in [0.1, 0.15) is 6.61 Å². The van der Waals surface area contributed by atoms with Crippen LogP contribution in [0.3, 0.4) is 0 Å². The van der Waals surface area contributed by atoms with Crippen molar-refractivity contribution >= 4 is 23.8 Å². The Hall–Kier alpha value is -0.710. The molecule has 0 bridgehead atoms. The molecule has 5 heteroatoms. The molecule has 0 aromatic heterocycles. The van der Waals surface area contributed by atoms with Gasteiger partial charge in [0.05, 0.1) is 6.54 Å². The number of ether oxygens (including phenoxy) is 1. The van der Waals surface area contributed by atoms with Crippen LogP contribution in [0.2, 0.25) is 0 Å². The Balaban J connectivity index is 2.38. The molecule has 1 aliphatic heterocycles. The minimum atomic E-state index is -0.498. The minimum Gasteiger partial charge on any atom is -0.447 e. The molecule has 0 N–H and O–H groups in total. The lowest BCUT2D eigenvalue weighted by Crippen LogP contribution is -2.33. The highest BCUT2D eigenvalue weighted by molar-refractivity contribution is 8.00. The van der Waals surface area contributed by atoms with Crippen LogP contribution in [0.15, 0.2) is 0 Å². The summed E-state index contributed by atoms with van der Waals surface area (Å²) in [4.78, 5) is 23.9. The Kier molecular flexibility index (Phi) is 4.45. The molecule has 0 spiro atoms. The monoisotopic (exact) mass is 231 g/mol. The zero-order chi connectivity index (χ0) is 11.4. The number of hydrogen-bond acceptors (Lipinski definition) is 4. The maximum absolute atomic E-state index is 11.7. The van der Waals surface area contributed by atoms with E-state index in [-0.39, 0.29) is 11.2 Å². The predicted octanol–water partition coefficient (Wildman–Crippen LogP) is 1.89. The minimum absolute atomic E-state index is 0.127. The van der Waals surface area contributed by atoms with E-state index in [2.05, 4.69) is 13.8 Å². The van der Waals surface area contributed by atoms with Crippen molar-refractivity contribution in [1.29, 1.82) is 0 Å². The summed E-state index contributed by atoms with van der Waals surface area (Å²) in [5.74, 6) is -0.127. The Bertz CT molecular complexity index is 255. The fraction of sp³-hybridized carbons (Fsp3) is 0.800. The van der Waals surface area contributed by atoms with Gasteiger partial charge in [0.15, 0.2) is 0 Å². The van der Waals surface area contributed by atoms with Crippen LogP contribution in [-0.4, -0.2) is 40.6 Å². The van der Waals surface area contributed by atoms with E-state index >= 15 is 0 Å². The molecule has 1 atom stereocenters. The van der Waals surface area contributed by atoms with E-state index in [0.717, 1.165) is 0 Å². The highest BCUT2D eigenvalue weighted by Gasteiger charge is 2.29. The van der Waals surface area contributed by atoms with Gasteiger partial charge in [0, 0.05) is 11.7 Å². The first-order chi connectivity index (χ1) is 7.00. The third kappa shape index (κ3) is 3.74. The van der Waals surface area contributed by atoms with Gasteiger partial charge in [-0.15, -0.1) is 0 Å². The van der Waals surface area contributed by atoms with Gasteiger partial charge in [0.2, 0.25) is 5.91 Å². The molecule has 0 unspecified atom stereocenters. The largest absolute Gasteiger partial charge is 0.447 e. The maximum Gasteiger partial charge on any atom is 0.416 e. The zero-order valence-corrected chi connectivity index (χ0v) is 10.2. The van der Waals surface area contributed by atoms with Crippen LogP contribution in [0.4, 0.5) is 4.79 Å². The topological polar surface area (TPSA) is 46.6 Å². The van der Waals surface area contributed by atoms with Gasteiger partial charge in [-0.3, -0.25) is 4.79 Å². The second-order valence-corrected chi connectivity index (χ2v) is 5.88. The molecule has 86 valence electrons. The molecule has 0 saturated carbocycles. The first-order valence-corrected chi connectivity index (χ1v) is 6.07. The van der Waals surface area contributed by atoms with Crippen molar-refractivity contribution in [3.8, 4) is 0 Å². The smallest absolute Gasteiger partial charge is 0.416 e. The molecule has 2 amide bonds. The molecule has 4 nitrogen and oxygen atoms in total. The van der Waals surface area contributed by atoms with Gasteiger partial charge >= 0.3 is 6.09 Å². The van der Waals surface area contributed by atoms with Crippen LogP contribution in [0, 0.1) is 0 Å². The summed E-state index contributed by atoms with van der Waals surface area (Å²) in [6.07, 6.45) is -0.0976. The summed E-state index contributed by atoms with van der Waals surface area (Å²) in [6, 6.07) is 0. The average molecular weight is 231 g/mol. The molecule has 1 fully saturated rings. The van der Waals surface area contributed by atoms with E-state index in [9.17, 15) is 9.59 Å². The van der Waals surface area contributed by atoms with E-state index < -0.39 is 6.09 Å². The zero-order valence-electron chi connectivity index (χ0n) is 9.36. The van der Waals surface area contributed by atoms with Crippen molar-refractivity contribution in [3.05, 3.63) is 0 Å². The number of carbonyl (C=O) groups is 2. The first-order valence-electron chi connectivity index (χ1n) is 5.13. The Morgan fingerprint density at radius 3 is 2.67 bits per heavy atom. The van der Waals surface area contributed by atoms with Crippen molar-refractivity contribution in [3.63, 3.8) is 0 Å². The first kappa shape index (κ1) is 12.4. The molecule has 0 aromatic carbocycles. The molecule has 15 heavy (non-hydrogen) atoms. The number of amides is 2. The van der Waals surface area contributed by atoms with Crippen LogP contribution in [-0.2, 0) is 9.53 Å². The average Bonchev–Trinajstić information content (AvgIpc) is 2.49. The van der Waals surface area contributed by atoms with Crippen LogP contribution in [0.1, 0.15) is 27.2 Å². The van der Waals surface area contributed by atoms with Crippen LogP contribution in [0.25, 0.3) is 0 Å². The normalized spacial score (nSPS) is 18.1. The van der Waals surface area contributed by atoms with Crippen LogP contribution in [0.5, 0.6) is 0 Å². The Morgan fingerprint density at radius 2 is 2.20 bits per heavy atom. The molecule has 1 aliphatic rings. The second-order valence-electron chi connectivity index (χ2n) is 3.86. The Morgan fingerprint density at radius 1 is 1.53 bits per heavy atom. The maximum atomic E-state index is 11.7. The molecule has 0 aromatic rings. The molecule has 0 radical (unpaired) electrons. The molecule has 1 heterocycles. The number of hydrogen-bond donors (Lipinski definition) is 0. The SMILES string of the molecule is CC(C)S[C@@H](C)CC(=O)N1CCOC1=O. The van der Waals surface area contributed by atoms with Gasteiger partial charge in [-0.25, -0.2) is 9.69 Å². The molecule has 1 saturated heterocycles. The molecular weight excluding hydrogens is 214 g/mol. The van der Waals surface area contributed by atoms with E-state index in [1.807, 2.05) is 6.92 Å². The molecular formula is C10H17NO3S. The summed E-state index contributed by atoms with van der Waals surface area (Å²) in [6.45, 7) is 6.92. The fourth-order valence-corrected chi connectivity index (χ4v) is 2.66. The lowest BCUT2D eigenvalue weighted by atomic mass is 10.3. The summed E-state index contributed by atoms with van der Waals surface area (Å²) >= 11 is 1.74. The third-order valence-corrected chi connectivity index (χ3v) is 3.20. The van der Waals surface area contributed by atoms with Crippen LogP contribution < -0.4 is 0 Å². The summed E-state index contributed by atoms with van der Waals surface area (Å²) < 4.78 is 4.71. The van der Waals surface area contributed by atoms with E-state index in [1.54, 1.807) is 11.8 Å². The van der Waals surface area contributed by atoms with Gasteiger partial charge in [-0.05, 0) is 5.25 Å². The second kappa shape index (κ2) is 5.39.